The van der Waals surface area contributed by atoms with Gasteiger partial charge in [-0.15, -0.1) is 0 Å². The van der Waals surface area contributed by atoms with Crippen molar-refractivity contribution in [1.82, 2.24) is 4.90 Å². The number of nitrogens with zero attached hydrogens (tertiary/aromatic N) is 1. The van der Waals surface area contributed by atoms with E-state index in [1.807, 2.05) is 30.3 Å². The number of nitrogens with two attached hydrogens (primary N) is 1. The van der Waals surface area contributed by atoms with Crippen LogP contribution in [0.5, 0.6) is 0 Å². The van der Waals surface area contributed by atoms with Gasteiger partial charge in [0.25, 0.3) is 5.91 Å². The van der Waals surface area contributed by atoms with Crippen LogP contribution >= 0.6 is 11.6 Å². The van der Waals surface area contributed by atoms with E-state index in [1.54, 1.807) is 11.0 Å². The predicted octanol–water partition coefficient (Wildman–Crippen LogP) is 2.53. The van der Waals surface area contributed by atoms with E-state index in [4.69, 9.17) is 21.8 Å². The van der Waals surface area contributed by atoms with Crippen molar-refractivity contribution in [3.05, 3.63) is 59.0 Å². The number of rotatable bonds is 5. The predicted molar refractivity (Wildman–Crippen MR) is 74.0 cm³/mol. The Morgan fingerprint density at radius 3 is 2.58 bits per heavy atom. The van der Waals surface area contributed by atoms with Gasteiger partial charge in [-0.1, -0.05) is 30.3 Å². The van der Waals surface area contributed by atoms with Crippen molar-refractivity contribution in [2.45, 2.75) is 6.54 Å². The van der Waals surface area contributed by atoms with E-state index in [-0.39, 0.29) is 11.1 Å². The lowest BCUT2D eigenvalue weighted by atomic mass is 10.2. The first kappa shape index (κ1) is 13.6. The molecule has 4 nitrogen and oxygen atoms in total. The van der Waals surface area contributed by atoms with Crippen molar-refractivity contribution in [3.8, 4) is 0 Å². The van der Waals surface area contributed by atoms with Gasteiger partial charge in [-0.3, -0.25) is 4.79 Å². The molecule has 1 heterocycles. The maximum atomic E-state index is 12.3. The minimum absolute atomic E-state index is 0.111. The lowest BCUT2D eigenvalue weighted by Gasteiger charge is -2.21. The van der Waals surface area contributed by atoms with Crippen LogP contribution in [0.15, 0.2) is 47.1 Å². The molecule has 1 aromatic carbocycles. The highest BCUT2D eigenvalue weighted by Gasteiger charge is 2.19. The number of carbonyl (C=O) groups excluding carboxylic acids is 1. The van der Waals surface area contributed by atoms with Crippen molar-refractivity contribution in [2.75, 3.05) is 13.1 Å². The van der Waals surface area contributed by atoms with Gasteiger partial charge >= 0.3 is 0 Å². The molecule has 1 aromatic heterocycles. The number of hydrogen-bond acceptors (Lipinski definition) is 3. The van der Waals surface area contributed by atoms with Crippen molar-refractivity contribution >= 4 is 17.5 Å². The lowest BCUT2D eigenvalue weighted by Crippen LogP contribution is -2.34. The Morgan fingerprint density at radius 2 is 2.00 bits per heavy atom. The van der Waals surface area contributed by atoms with E-state index in [9.17, 15) is 4.79 Å². The second kappa shape index (κ2) is 6.41. The molecule has 5 heteroatoms. The van der Waals surface area contributed by atoms with E-state index in [2.05, 4.69) is 0 Å². The first-order valence-electron chi connectivity index (χ1n) is 5.98. The van der Waals surface area contributed by atoms with Crippen LogP contribution in [-0.2, 0) is 6.54 Å². The summed E-state index contributed by atoms with van der Waals surface area (Å²) in [5, 5.41) is 0.111. The highest BCUT2D eigenvalue weighted by Crippen LogP contribution is 2.19. The topological polar surface area (TPSA) is 59.5 Å². The summed E-state index contributed by atoms with van der Waals surface area (Å²) in [6.07, 6.45) is 1.40. The fourth-order valence-electron chi connectivity index (χ4n) is 1.83. The molecule has 2 rings (SSSR count). The fraction of sp³-hybridized carbons (Fsp3) is 0.214. The van der Waals surface area contributed by atoms with Crippen molar-refractivity contribution in [1.29, 1.82) is 0 Å². The number of amides is 1. The quantitative estimate of drug-likeness (QED) is 0.914. The molecule has 0 bridgehead atoms. The average Bonchev–Trinajstić information content (AvgIpc) is 2.85. The third-order valence-electron chi connectivity index (χ3n) is 2.75. The van der Waals surface area contributed by atoms with Crippen LogP contribution < -0.4 is 5.73 Å². The molecule has 2 N–H and O–H groups in total. The molecule has 0 spiro atoms. The zero-order chi connectivity index (χ0) is 13.7. The monoisotopic (exact) mass is 278 g/mol. The molecule has 19 heavy (non-hydrogen) atoms. The molecule has 0 fully saturated rings. The summed E-state index contributed by atoms with van der Waals surface area (Å²) >= 11 is 5.84. The molecule has 0 aliphatic carbocycles. The summed E-state index contributed by atoms with van der Waals surface area (Å²) in [7, 11) is 0. The van der Waals surface area contributed by atoms with E-state index in [0.717, 1.165) is 5.56 Å². The van der Waals surface area contributed by atoms with Crippen LogP contribution in [0.4, 0.5) is 0 Å². The Hall–Kier alpha value is -1.78. The summed E-state index contributed by atoms with van der Waals surface area (Å²) in [5.41, 5.74) is 6.97. The van der Waals surface area contributed by atoms with Crippen LogP contribution in [0, 0.1) is 0 Å². The molecule has 2 aromatic rings. The Bertz CT molecular complexity index is 539. The highest BCUT2D eigenvalue weighted by molar-refractivity contribution is 6.32. The normalized spacial score (nSPS) is 10.4. The number of carbonyl (C=O) groups is 1. The summed E-state index contributed by atoms with van der Waals surface area (Å²) in [6, 6.07) is 11.3. The molecule has 0 saturated heterocycles. The molecule has 0 unspecified atom stereocenters. The van der Waals surface area contributed by atoms with Crippen LogP contribution in [0.1, 0.15) is 15.9 Å². The number of hydrogen-bond donors (Lipinski definition) is 1. The molecule has 1 amide bonds. The number of benzene rings is 1. The molecule has 0 aliphatic rings. The minimum atomic E-state index is -0.173. The first-order valence-corrected chi connectivity index (χ1v) is 6.36. The highest BCUT2D eigenvalue weighted by atomic mass is 35.5. The minimum Gasteiger partial charge on any atom is -0.452 e. The Morgan fingerprint density at radius 1 is 1.26 bits per heavy atom. The van der Waals surface area contributed by atoms with Crippen molar-refractivity contribution in [3.63, 3.8) is 0 Å². The Balaban J connectivity index is 2.16. The lowest BCUT2D eigenvalue weighted by molar-refractivity contribution is 0.0747. The fourth-order valence-corrected chi connectivity index (χ4v) is 2.02. The van der Waals surface area contributed by atoms with Gasteiger partial charge in [-0.25, -0.2) is 0 Å². The van der Waals surface area contributed by atoms with Crippen molar-refractivity contribution < 1.29 is 9.21 Å². The third kappa shape index (κ3) is 3.36. The van der Waals surface area contributed by atoms with E-state index < -0.39 is 0 Å². The summed E-state index contributed by atoms with van der Waals surface area (Å²) in [4.78, 5) is 14.0. The molecular formula is C14H15ClN2O2. The molecule has 100 valence electrons. The largest absolute Gasteiger partial charge is 0.452 e. The maximum absolute atomic E-state index is 12.3. The number of halogens is 1. The second-order valence-electron chi connectivity index (χ2n) is 4.11. The summed E-state index contributed by atoms with van der Waals surface area (Å²) in [6.45, 7) is 1.36. The van der Waals surface area contributed by atoms with Gasteiger partial charge in [0, 0.05) is 19.6 Å². The van der Waals surface area contributed by atoms with Crippen LogP contribution in [-0.4, -0.2) is 23.9 Å². The third-order valence-corrected chi connectivity index (χ3v) is 3.04. The van der Waals surface area contributed by atoms with E-state index in [1.165, 1.54) is 6.26 Å². The van der Waals surface area contributed by atoms with E-state index >= 15 is 0 Å². The van der Waals surface area contributed by atoms with Gasteiger partial charge in [0.2, 0.25) is 5.22 Å². The second-order valence-corrected chi connectivity index (χ2v) is 4.45. The van der Waals surface area contributed by atoms with E-state index in [0.29, 0.717) is 25.2 Å². The maximum Gasteiger partial charge on any atom is 0.259 e. The first-order chi connectivity index (χ1) is 9.22. The zero-order valence-corrected chi connectivity index (χ0v) is 11.1. The zero-order valence-electron chi connectivity index (χ0n) is 10.4. The van der Waals surface area contributed by atoms with Gasteiger partial charge < -0.3 is 15.1 Å². The SMILES string of the molecule is NCCN(Cc1ccccc1)C(=O)c1ccoc1Cl. The Labute approximate surface area is 116 Å². The van der Waals surface area contributed by atoms with Gasteiger partial charge in [0.1, 0.15) is 0 Å². The summed E-state index contributed by atoms with van der Waals surface area (Å²) in [5.74, 6) is -0.173. The Kier molecular flexibility index (Phi) is 4.60. The van der Waals surface area contributed by atoms with Crippen LogP contribution in [0.2, 0.25) is 5.22 Å². The van der Waals surface area contributed by atoms with Crippen LogP contribution in [0.25, 0.3) is 0 Å². The standard InChI is InChI=1S/C14H15ClN2O2/c15-13-12(6-9-19-13)14(18)17(8-7-16)10-11-4-2-1-3-5-11/h1-6,9H,7-8,10,16H2. The molecule has 0 saturated carbocycles. The number of furan rings is 1. The van der Waals surface area contributed by atoms with Crippen molar-refractivity contribution in [2.24, 2.45) is 5.73 Å². The molecular weight excluding hydrogens is 264 g/mol. The molecule has 0 atom stereocenters. The molecule has 0 aliphatic heterocycles. The van der Waals surface area contributed by atoms with Gasteiger partial charge in [-0.05, 0) is 23.2 Å². The van der Waals surface area contributed by atoms with Gasteiger partial charge in [0.05, 0.1) is 11.8 Å². The summed E-state index contributed by atoms with van der Waals surface area (Å²) < 4.78 is 4.95. The average molecular weight is 279 g/mol. The van der Waals surface area contributed by atoms with Gasteiger partial charge in [-0.2, -0.15) is 0 Å². The van der Waals surface area contributed by atoms with Crippen LogP contribution in [0.3, 0.4) is 0 Å². The van der Waals surface area contributed by atoms with Gasteiger partial charge in [0.15, 0.2) is 0 Å². The molecule has 0 radical (unpaired) electrons. The smallest absolute Gasteiger partial charge is 0.259 e.